The molecule has 0 radical (unpaired) electrons. The van der Waals surface area contributed by atoms with E-state index < -0.39 is 0 Å². The topological polar surface area (TPSA) is 66.6 Å². The van der Waals surface area contributed by atoms with Crippen LogP contribution in [0.2, 0.25) is 0 Å². The van der Waals surface area contributed by atoms with E-state index >= 15 is 0 Å². The Hall–Kier alpha value is -1.88. The first-order valence-corrected chi connectivity index (χ1v) is 5.02. The van der Waals surface area contributed by atoms with Gasteiger partial charge in [-0.1, -0.05) is 12.1 Å². The summed E-state index contributed by atoms with van der Waals surface area (Å²) >= 11 is 0. The third kappa shape index (κ3) is 1.90. The number of hydrogen-bond acceptors (Lipinski definition) is 4. The van der Waals surface area contributed by atoms with Crippen LogP contribution in [-0.4, -0.2) is 28.1 Å². The van der Waals surface area contributed by atoms with Crippen molar-refractivity contribution in [2.24, 2.45) is 0 Å². The van der Waals surface area contributed by atoms with Gasteiger partial charge in [-0.15, -0.1) is 0 Å². The predicted octanol–water partition coefficient (Wildman–Crippen LogP) is 1.37. The molecule has 0 bridgehead atoms. The van der Waals surface area contributed by atoms with Gasteiger partial charge in [0.2, 0.25) is 0 Å². The van der Waals surface area contributed by atoms with Gasteiger partial charge in [0.25, 0.3) is 5.69 Å². The molecule has 0 unspecified atom stereocenters. The fraction of sp³-hybridized carbons (Fsp3) is 0.273. The van der Waals surface area contributed by atoms with Gasteiger partial charge in [-0.05, 0) is 11.6 Å². The van der Waals surface area contributed by atoms with Crippen molar-refractivity contribution in [1.29, 1.82) is 0 Å². The molecule has 0 spiro atoms. The molecule has 1 N–H and O–H groups in total. The van der Waals surface area contributed by atoms with E-state index in [0.717, 1.165) is 5.56 Å². The summed E-state index contributed by atoms with van der Waals surface area (Å²) in [4.78, 5) is 12.4. The summed E-state index contributed by atoms with van der Waals surface area (Å²) in [6.45, 7) is 1.22. The number of benzene rings is 1. The van der Waals surface area contributed by atoms with Crippen molar-refractivity contribution in [2.45, 2.75) is 6.54 Å². The van der Waals surface area contributed by atoms with Crippen molar-refractivity contribution in [3.8, 4) is 0 Å². The first-order chi connectivity index (χ1) is 7.72. The third-order valence-electron chi connectivity index (χ3n) is 2.58. The minimum atomic E-state index is -0.370. The molecular formula is C11H12N2O3. The lowest BCUT2D eigenvalue weighted by atomic mass is 10.0. The van der Waals surface area contributed by atoms with Gasteiger partial charge in [0.1, 0.15) is 0 Å². The summed E-state index contributed by atoms with van der Waals surface area (Å²) in [5.41, 5.74) is 1.73. The lowest BCUT2D eigenvalue weighted by molar-refractivity contribution is -0.385. The van der Waals surface area contributed by atoms with Crippen molar-refractivity contribution in [2.75, 3.05) is 13.2 Å². The van der Waals surface area contributed by atoms with Crippen LogP contribution in [0.4, 0.5) is 5.69 Å². The SMILES string of the molecule is O=[N+]([O-])c1cccc2c1C=CN(CCO)C2. The maximum absolute atomic E-state index is 10.8. The monoisotopic (exact) mass is 220 g/mol. The normalized spacial score (nSPS) is 13.7. The molecule has 0 atom stereocenters. The summed E-state index contributed by atoms with van der Waals surface area (Å²) in [6, 6.07) is 5.06. The Morgan fingerprint density at radius 2 is 2.31 bits per heavy atom. The zero-order chi connectivity index (χ0) is 11.5. The average Bonchev–Trinajstić information content (AvgIpc) is 2.28. The molecule has 0 fully saturated rings. The highest BCUT2D eigenvalue weighted by Crippen LogP contribution is 2.27. The molecule has 0 saturated carbocycles. The van der Waals surface area contributed by atoms with Gasteiger partial charge in [0, 0.05) is 25.4 Å². The minimum Gasteiger partial charge on any atom is -0.395 e. The molecule has 0 aromatic heterocycles. The van der Waals surface area contributed by atoms with Gasteiger partial charge < -0.3 is 10.0 Å². The summed E-state index contributed by atoms with van der Waals surface area (Å²) in [5.74, 6) is 0. The molecule has 0 aliphatic carbocycles. The van der Waals surface area contributed by atoms with Crippen LogP contribution in [-0.2, 0) is 6.54 Å². The minimum absolute atomic E-state index is 0.0780. The van der Waals surface area contributed by atoms with Crippen LogP contribution >= 0.6 is 0 Å². The van der Waals surface area contributed by atoms with Crippen LogP contribution in [0.3, 0.4) is 0 Å². The highest BCUT2D eigenvalue weighted by Gasteiger charge is 2.18. The highest BCUT2D eigenvalue weighted by atomic mass is 16.6. The first kappa shape index (κ1) is 10.6. The van der Waals surface area contributed by atoms with Crippen LogP contribution in [0, 0.1) is 10.1 Å². The quantitative estimate of drug-likeness (QED) is 0.617. The van der Waals surface area contributed by atoms with Gasteiger partial charge in [-0.2, -0.15) is 0 Å². The fourth-order valence-corrected chi connectivity index (χ4v) is 1.82. The van der Waals surface area contributed by atoms with Crippen LogP contribution in [0.15, 0.2) is 24.4 Å². The Bertz CT molecular complexity index is 443. The number of fused-ring (bicyclic) bond motifs is 1. The zero-order valence-corrected chi connectivity index (χ0v) is 8.67. The third-order valence-corrected chi connectivity index (χ3v) is 2.58. The number of nitro groups is 1. The Labute approximate surface area is 92.8 Å². The molecule has 84 valence electrons. The average molecular weight is 220 g/mol. The number of β-amino-alcohol motifs (C(OH)–C–C–N with tert-alkyl or cyclic N) is 1. The van der Waals surface area contributed by atoms with Crippen molar-refractivity contribution in [1.82, 2.24) is 4.90 Å². The van der Waals surface area contributed by atoms with Gasteiger partial charge in [-0.3, -0.25) is 10.1 Å². The zero-order valence-electron chi connectivity index (χ0n) is 8.67. The predicted molar refractivity (Wildman–Crippen MR) is 59.6 cm³/mol. The Morgan fingerprint density at radius 1 is 1.50 bits per heavy atom. The van der Waals surface area contributed by atoms with Crippen LogP contribution < -0.4 is 0 Å². The second-order valence-electron chi connectivity index (χ2n) is 3.62. The van der Waals surface area contributed by atoms with E-state index in [1.807, 2.05) is 11.0 Å². The molecule has 1 aromatic carbocycles. The van der Waals surface area contributed by atoms with Gasteiger partial charge in [-0.25, -0.2) is 0 Å². The van der Waals surface area contributed by atoms with E-state index in [9.17, 15) is 10.1 Å². The van der Waals surface area contributed by atoms with Crippen LogP contribution in [0.1, 0.15) is 11.1 Å². The number of hydrogen-bond donors (Lipinski definition) is 1. The fourth-order valence-electron chi connectivity index (χ4n) is 1.82. The van der Waals surface area contributed by atoms with Gasteiger partial charge in [0.15, 0.2) is 0 Å². The molecule has 1 aromatic rings. The van der Waals surface area contributed by atoms with Crippen molar-refractivity contribution >= 4 is 11.8 Å². The Balaban J connectivity index is 2.34. The molecule has 2 rings (SSSR count). The second-order valence-corrected chi connectivity index (χ2v) is 3.62. The van der Waals surface area contributed by atoms with E-state index in [-0.39, 0.29) is 17.2 Å². The number of aliphatic hydroxyl groups excluding tert-OH is 1. The summed E-state index contributed by atoms with van der Waals surface area (Å²) in [6.07, 6.45) is 3.51. The lowest BCUT2D eigenvalue weighted by Gasteiger charge is -2.24. The molecule has 5 heteroatoms. The van der Waals surface area contributed by atoms with E-state index in [1.165, 1.54) is 6.07 Å². The van der Waals surface area contributed by atoms with Crippen LogP contribution in [0.25, 0.3) is 6.08 Å². The van der Waals surface area contributed by atoms with Crippen molar-refractivity contribution in [3.05, 3.63) is 45.6 Å². The summed E-state index contributed by atoms with van der Waals surface area (Å²) in [5, 5.41) is 19.6. The van der Waals surface area contributed by atoms with E-state index in [2.05, 4.69) is 0 Å². The molecule has 16 heavy (non-hydrogen) atoms. The Morgan fingerprint density at radius 3 is 3.00 bits per heavy atom. The van der Waals surface area contributed by atoms with E-state index in [0.29, 0.717) is 18.7 Å². The molecule has 1 aliphatic heterocycles. The van der Waals surface area contributed by atoms with Crippen LogP contribution in [0.5, 0.6) is 0 Å². The maximum Gasteiger partial charge on any atom is 0.276 e. The van der Waals surface area contributed by atoms with E-state index in [1.54, 1.807) is 18.3 Å². The largest absolute Gasteiger partial charge is 0.395 e. The molecule has 1 heterocycles. The molecular weight excluding hydrogens is 208 g/mol. The molecule has 0 amide bonds. The van der Waals surface area contributed by atoms with Gasteiger partial charge >= 0.3 is 0 Å². The number of nitro benzene ring substituents is 1. The second kappa shape index (κ2) is 4.32. The summed E-state index contributed by atoms with van der Waals surface area (Å²) in [7, 11) is 0. The number of nitrogens with zero attached hydrogens (tertiary/aromatic N) is 2. The Kier molecular flexibility index (Phi) is 2.87. The number of aliphatic hydroxyl groups is 1. The van der Waals surface area contributed by atoms with E-state index in [4.69, 9.17) is 5.11 Å². The smallest absolute Gasteiger partial charge is 0.276 e. The molecule has 0 saturated heterocycles. The standard InChI is InChI=1S/C11H12N2O3/c14-7-6-12-5-4-10-9(8-12)2-1-3-11(10)13(15)16/h1-5,14H,6-8H2. The lowest BCUT2D eigenvalue weighted by Crippen LogP contribution is -2.23. The molecule has 1 aliphatic rings. The van der Waals surface area contributed by atoms with Gasteiger partial charge in [0.05, 0.1) is 17.1 Å². The molecule has 5 nitrogen and oxygen atoms in total. The number of rotatable bonds is 3. The first-order valence-electron chi connectivity index (χ1n) is 5.02. The van der Waals surface area contributed by atoms with Crippen molar-refractivity contribution < 1.29 is 10.0 Å². The maximum atomic E-state index is 10.8. The summed E-state index contributed by atoms with van der Waals surface area (Å²) < 4.78 is 0. The highest BCUT2D eigenvalue weighted by molar-refractivity contribution is 5.65. The van der Waals surface area contributed by atoms with Crippen molar-refractivity contribution in [3.63, 3.8) is 0 Å².